The maximum atomic E-state index is 9.60. The van der Waals surface area contributed by atoms with Crippen molar-refractivity contribution < 1.29 is 24.9 Å². The molecule has 0 aliphatic carbocycles. The summed E-state index contributed by atoms with van der Waals surface area (Å²) < 4.78 is 0. The molecular formula is C17H28O5. The van der Waals surface area contributed by atoms with Crippen molar-refractivity contribution in [1.29, 1.82) is 0 Å². The van der Waals surface area contributed by atoms with E-state index in [4.69, 9.17) is 15.3 Å². The van der Waals surface area contributed by atoms with Crippen molar-refractivity contribution in [3.05, 3.63) is 47.5 Å². The summed E-state index contributed by atoms with van der Waals surface area (Å²) in [5.41, 5.74) is 2.91. The zero-order valence-corrected chi connectivity index (χ0v) is 14.1. The van der Waals surface area contributed by atoms with Crippen LogP contribution >= 0.6 is 0 Å². The predicted octanol–water partition coefficient (Wildman–Crippen LogP) is 2.52. The molecule has 0 bridgehead atoms. The zero-order valence-electron chi connectivity index (χ0n) is 14.1. The van der Waals surface area contributed by atoms with Gasteiger partial charge in [-0.05, 0) is 45.7 Å². The molecule has 0 amide bonds. The Morgan fingerprint density at radius 1 is 0.955 bits per heavy atom. The fourth-order valence-corrected chi connectivity index (χ4v) is 0.663. The number of carboxylic acid groups (broad SMARTS) is 1. The van der Waals surface area contributed by atoms with Crippen molar-refractivity contribution in [3.8, 4) is 0 Å². The van der Waals surface area contributed by atoms with Gasteiger partial charge in [-0.15, -0.1) is 0 Å². The second-order valence-electron chi connectivity index (χ2n) is 4.53. The molecule has 1 aromatic carbocycles. The Morgan fingerprint density at radius 2 is 1.18 bits per heavy atom. The molecule has 0 unspecified atom stereocenters. The van der Waals surface area contributed by atoms with Crippen molar-refractivity contribution in [2.45, 2.75) is 34.6 Å². The van der Waals surface area contributed by atoms with E-state index >= 15 is 0 Å². The minimum absolute atomic E-state index is 0.125. The summed E-state index contributed by atoms with van der Waals surface area (Å²) in [7, 11) is 0. The van der Waals surface area contributed by atoms with Gasteiger partial charge in [0.2, 0.25) is 0 Å². The SMILES string of the molecule is C=C(C)C(=O)O.CC(C)=O.Cc1ccccc1C.OCCO. The van der Waals surface area contributed by atoms with Gasteiger partial charge in [-0.25, -0.2) is 4.79 Å². The molecular weight excluding hydrogens is 284 g/mol. The number of carbonyl (C=O) groups excluding carboxylic acids is 1. The lowest BCUT2D eigenvalue weighted by atomic mass is 10.1. The van der Waals surface area contributed by atoms with Gasteiger partial charge < -0.3 is 20.1 Å². The molecule has 0 aromatic heterocycles. The van der Waals surface area contributed by atoms with Crippen molar-refractivity contribution in [2.24, 2.45) is 0 Å². The highest BCUT2D eigenvalue weighted by Crippen LogP contribution is 2.02. The lowest BCUT2D eigenvalue weighted by Crippen LogP contribution is -1.92. The Labute approximate surface area is 132 Å². The van der Waals surface area contributed by atoms with E-state index in [1.807, 2.05) is 0 Å². The highest BCUT2D eigenvalue weighted by atomic mass is 16.4. The van der Waals surface area contributed by atoms with Gasteiger partial charge in [-0.2, -0.15) is 0 Å². The van der Waals surface area contributed by atoms with Crippen molar-refractivity contribution in [1.82, 2.24) is 0 Å². The molecule has 0 spiro atoms. The van der Waals surface area contributed by atoms with Gasteiger partial charge in [0.05, 0.1) is 13.2 Å². The number of rotatable bonds is 2. The van der Waals surface area contributed by atoms with Crippen LogP contribution in [-0.2, 0) is 9.59 Å². The lowest BCUT2D eigenvalue weighted by molar-refractivity contribution is -0.132. The van der Waals surface area contributed by atoms with Crippen molar-refractivity contribution in [2.75, 3.05) is 13.2 Å². The Balaban J connectivity index is -0.000000231. The minimum Gasteiger partial charge on any atom is -0.478 e. The van der Waals surface area contributed by atoms with E-state index in [-0.39, 0.29) is 24.6 Å². The van der Waals surface area contributed by atoms with Crippen LogP contribution in [0.4, 0.5) is 0 Å². The first-order valence-electron chi connectivity index (χ1n) is 6.70. The van der Waals surface area contributed by atoms with Crippen LogP contribution in [0.1, 0.15) is 31.9 Å². The average Bonchev–Trinajstić information content (AvgIpc) is 2.42. The smallest absolute Gasteiger partial charge is 0.330 e. The second-order valence-corrected chi connectivity index (χ2v) is 4.53. The highest BCUT2D eigenvalue weighted by Gasteiger charge is 1.90. The number of aliphatic carboxylic acids is 1. The van der Waals surface area contributed by atoms with E-state index in [0.29, 0.717) is 0 Å². The molecule has 1 aromatic rings. The Bertz CT molecular complexity index is 399. The van der Waals surface area contributed by atoms with Crippen LogP contribution in [-0.4, -0.2) is 40.3 Å². The monoisotopic (exact) mass is 312 g/mol. The van der Waals surface area contributed by atoms with E-state index in [1.165, 1.54) is 31.9 Å². The van der Waals surface area contributed by atoms with Crippen LogP contribution in [0.15, 0.2) is 36.4 Å². The molecule has 1 rings (SSSR count). The first-order chi connectivity index (χ1) is 10.1. The van der Waals surface area contributed by atoms with Crippen LogP contribution in [0, 0.1) is 13.8 Å². The minimum atomic E-state index is -0.935. The highest BCUT2D eigenvalue weighted by molar-refractivity contribution is 5.84. The molecule has 0 aliphatic heterocycles. The first-order valence-corrected chi connectivity index (χ1v) is 6.70. The quantitative estimate of drug-likeness (QED) is 0.729. The fourth-order valence-electron chi connectivity index (χ4n) is 0.663. The number of benzene rings is 1. The van der Waals surface area contributed by atoms with Gasteiger partial charge in [-0.1, -0.05) is 30.8 Å². The van der Waals surface area contributed by atoms with Crippen molar-refractivity contribution >= 4 is 11.8 Å². The summed E-state index contributed by atoms with van der Waals surface area (Å²) in [5, 5.41) is 23.1. The number of aliphatic hydroxyl groups is 2. The van der Waals surface area contributed by atoms with E-state index in [2.05, 4.69) is 44.7 Å². The third kappa shape index (κ3) is 26.6. The number of hydrogen-bond acceptors (Lipinski definition) is 4. The maximum absolute atomic E-state index is 9.60. The molecule has 3 N–H and O–H groups in total. The van der Waals surface area contributed by atoms with Gasteiger partial charge in [0, 0.05) is 5.57 Å². The second kappa shape index (κ2) is 17.1. The van der Waals surface area contributed by atoms with E-state index in [1.54, 1.807) is 0 Å². The predicted molar refractivity (Wildman–Crippen MR) is 88.9 cm³/mol. The summed E-state index contributed by atoms with van der Waals surface area (Å²) in [5.74, 6) is -0.769. The van der Waals surface area contributed by atoms with Gasteiger partial charge in [0.15, 0.2) is 0 Å². The van der Waals surface area contributed by atoms with Gasteiger partial charge in [0.1, 0.15) is 5.78 Å². The molecule has 0 saturated heterocycles. The molecule has 5 heteroatoms. The molecule has 0 fully saturated rings. The molecule has 22 heavy (non-hydrogen) atoms. The number of carbonyl (C=O) groups is 2. The maximum Gasteiger partial charge on any atom is 0.330 e. The summed E-state index contributed by atoms with van der Waals surface area (Å²) in [6.45, 7) is 11.6. The lowest BCUT2D eigenvalue weighted by Gasteiger charge is -1.93. The summed E-state index contributed by atoms with van der Waals surface area (Å²) in [4.78, 5) is 19.0. The Morgan fingerprint density at radius 3 is 1.27 bits per heavy atom. The Kier molecular flexibility index (Phi) is 19.4. The van der Waals surface area contributed by atoms with E-state index < -0.39 is 5.97 Å². The number of carboxylic acids is 1. The molecule has 0 aliphatic rings. The summed E-state index contributed by atoms with van der Waals surface area (Å²) >= 11 is 0. The van der Waals surface area contributed by atoms with Crippen molar-refractivity contribution in [3.63, 3.8) is 0 Å². The average molecular weight is 312 g/mol. The molecule has 0 atom stereocenters. The van der Waals surface area contributed by atoms with Crippen LogP contribution in [0.5, 0.6) is 0 Å². The third-order valence-corrected chi connectivity index (χ3v) is 1.89. The summed E-state index contributed by atoms with van der Waals surface area (Å²) in [6, 6.07) is 8.36. The number of aliphatic hydroxyl groups excluding tert-OH is 2. The molecule has 126 valence electrons. The number of ketones is 1. The van der Waals surface area contributed by atoms with Gasteiger partial charge in [0.25, 0.3) is 0 Å². The third-order valence-electron chi connectivity index (χ3n) is 1.89. The fraction of sp³-hybridized carbons (Fsp3) is 0.412. The van der Waals surface area contributed by atoms with Gasteiger partial charge in [-0.3, -0.25) is 0 Å². The van der Waals surface area contributed by atoms with Crippen LogP contribution in [0.3, 0.4) is 0 Å². The molecule has 0 saturated carbocycles. The topological polar surface area (TPSA) is 94.8 Å². The number of hydrogen-bond donors (Lipinski definition) is 3. The Hall–Kier alpha value is -1.98. The van der Waals surface area contributed by atoms with Crippen LogP contribution < -0.4 is 0 Å². The number of Topliss-reactive ketones (excluding diaryl/α,β-unsaturated/α-hetero) is 1. The normalized spacial score (nSPS) is 7.95. The van der Waals surface area contributed by atoms with Gasteiger partial charge >= 0.3 is 5.97 Å². The molecule has 0 heterocycles. The largest absolute Gasteiger partial charge is 0.478 e. The first kappa shape index (κ1) is 25.0. The van der Waals surface area contributed by atoms with Crippen LogP contribution in [0.25, 0.3) is 0 Å². The standard InChI is InChI=1S/C8H10.C4H6O2.C3H6O.C2H6O2/c1-7-5-3-4-6-8(7)2;1-3(2)4(5)6;1-3(2)4;3-1-2-4/h3-6H,1-2H3;1H2,2H3,(H,5,6);1-2H3;3-4H,1-2H2. The zero-order chi connectivity index (χ0) is 18.1. The van der Waals surface area contributed by atoms with E-state index in [9.17, 15) is 9.59 Å². The van der Waals surface area contributed by atoms with E-state index in [0.717, 1.165) is 0 Å². The summed E-state index contributed by atoms with van der Waals surface area (Å²) in [6.07, 6.45) is 0. The van der Waals surface area contributed by atoms with Crippen LogP contribution in [0.2, 0.25) is 0 Å². The molecule has 0 radical (unpaired) electrons. The molecule has 5 nitrogen and oxygen atoms in total. The number of aryl methyl sites for hydroxylation is 2.